The van der Waals surface area contributed by atoms with Crippen LogP contribution in [0.4, 0.5) is 8.78 Å². The Labute approximate surface area is 383 Å². The largest absolute Gasteiger partial charge is 0.390 e. The van der Waals surface area contributed by atoms with Crippen LogP contribution in [-0.2, 0) is 31.9 Å². The molecular weight excluding hydrogens is 878 g/mol. The maximum atomic E-state index is 13.4. The van der Waals surface area contributed by atoms with E-state index in [2.05, 4.69) is 33.5 Å². The molecule has 358 valence electrons. The summed E-state index contributed by atoms with van der Waals surface area (Å²) in [5.41, 5.74) is 1.56. The summed E-state index contributed by atoms with van der Waals surface area (Å²) in [6.45, 7) is 1.68. The molecule has 63 heavy (non-hydrogen) atoms. The zero-order valence-electron chi connectivity index (χ0n) is 37.5. The van der Waals surface area contributed by atoms with Gasteiger partial charge in [0.25, 0.3) is 0 Å². The molecule has 2 amide bonds. The molecule has 14 heteroatoms. The molecule has 0 radical (unpaired) electrons. The number of benzene rings is 2. The van der Waals surface area contributed by atoms with Crippen molar-refractivity contribution >= 4 is 27.7 Å². The van der Waals surface area contributed by atoms with Gasteiger partial charge in [-0.25, -0.2) is 8.78 Å². The average Bonchev–Trinajstić information content (AvgIpc) is 3.27. The number of carbonyl (C=O) groups excluding carboxylic acids is 2. The van der Waals surface area contributed by atoms with Crippen LogP contribution in [0.15, 0.2) is 46.9 Å². The summed E-state index contributed by atoms with van der Waals surface area (Å²) in [6.07, 6.45) is 12.6. The van der Waals surface area contributed by atoms with Crippen molar-refractivity contribution in [3.05, 3.63) is 69.7 Å². The fraction of sp³-hybridized carbons (Fsp3) is 0.714. The van der Waals surface area contributed by atoms with Crippen LogP contribution in [0.5, 0.6) is 0 Å². The van der Waals surface area contributed by atoms with Crippen LogP contribution >= 0.6 is 15.9 Å². The number of rotatable bonds is 34. The number of amides is 2. The fourth-order valence-electron chi connectivity index (χ4n) is 7.99. The first-order valence-electron chi connectivity index (χ1n) is 23.8. The van der Waals surface area contributed by atoms with Crippen molar-refractivity contribution in [2.24, 2.45) is 0 Å². The highest BCUT2D eigenvalue weighted by Crippen LogP contribution is 2.24. The number of carbonyl (C=O) groups is 2. The smallest absolute Gasteiger partial charge is 0.224 e. The van der Waals surface area contributed by atoms with Gasteiger partial charge in [0.05, 0.1) is 25.2 Å². The number of aryl methyl sites for hydroxylation is 1. The van der Waals surface area contributed by atoms with Gasteiger partial charge in [-0.05, 0) is 61.1 Å². The lowest BCUT2D eigenvalue weighted by Crippen LogP contribution is -2.61. The molecule has 1 saturated heterocycles. The number of hydrogen-bond donors (Lipinski definition) is 7. The van der Waals surface area contributed by atoms with E-state index in [1.165, 1.54) is 57.4 Å². The molecule has 2 aromatic rings. The number of unbranched alkanes of at least 4 members (excludes halogenated alkanes) is 18. The van der Waals surface area contributed by atoms with E-state index < -0.39 is 60.6 Å². The van der Waals surface area contributed by atoms with Gasteiger partial charge >= 0.3 is 0 Å². The number of halogens is 3. The van der Waals surface area contributed by atoms with E-state index in [0.717, 1.165) is 85.9 Å². The van der Waals surface area contributed by atoms with Gasteiger partial charge < -0.3 is 45.6 Å². The highest BCUT2D eigenvalue weighted by Gasteiger charge is 2.45. The number of aliphatic hydroxyl groups excluding tert-OH is 5. The predicted molar refractivity (Wildman–Crippen MR) is 245 cm³/mol. The van der Waals surface area contributed by atoms with Crippen molar-refractivity contribution in [1.29, 1.82) is 0 Å². The second kappa shape index (κ2) is 32.2. The topological polar surface area (TPSA) is 178 Å². The van der Waals surface area contributed by atoms with E-state index in [9.17, 15) is 43.9 Å². The zero-order chi connectivity index (χ0) is 45.8. The maximum absolute atomic E-state index is 13.4. The highest BCUT2D eigenvalue weighted by molar-refractivity contribution is 9.10. The van der Waals surface area contributed by atoms with Crippen LogP contribution in [-0.4, -0.2) is 99.5 Å². The minimum absolute atomic E-state index is 0.0774. The first kappa shape index (κ1) is 54.8. The molecule has 3 rings (SSSR count). The Bertz CT molecular complexity index is 1540. The first-order valence-corrected chi connectivity index (χ1v) is 24.6. The molecule has 0 bridgehead atoms. The van der Waals surface area contributed by atoms with Crippen LogP contribution < -0.4 is 10.6 Å². The Morgan fingerprint density at radius 1 is 0.698 bits per heavy atom. The Hall–Kier alpha value is -2.56. The molecule has 2 aromatic carbocycles. The van der Waals surface area contributed by atoms with Gasteiger partial charge in [0, 0.05) is 17.4 Å². The lowest BCUT2D eigenvalue weighted by atomic mass is 9.98. The highest BCUT2D eigenvalue weighted by atomic mass is 79.9. The zero-order valence-corrected chi connectivity index (χ0v) is 39.1. The molecular formula is C49H77BrF2N2O9. The third-order valence-electron chi connectivity index (χ3n) is 12.0. The number of aliphatic hydroxyl groups is 5. The molecule has 11 nitrogen and oxygen atoms in total. The molecule has 2 unspecified atom stereocenters. The molecule has 1 aliphatic heterocycles. The summed E-state index contributed by atoms with van der Waals surface area (Å²) in [7, 11) is 0. The van der Waals surface area contributed by atoms with Crippen LogP contribution in [0.1, 0.15) is 159 Å². The third-order valence-corrected chi connectivity index (χ3v) is 12.5. The molecule has 0 aliphatic carbocycles. The van der Waals surface area contributed by atoms with Gasteiger partial charge in [-0.15, -0.1) is 0 Å². The molecule has 7 N–H and O–H groups in total. The van der Waals surface area contributed by atoms with Crippen molar-refractivity contribution in [2.75, 3.05) is 13.2 Å². The van der Waals surface area contributed by atoms with E-state index >= 15 is 0 Å². The second-order valence-electron chi connectivity index (χ2n) is 17.4. The second-order valence-corrected chi connectivity index (χ2v) is 18.4. The van der Waals surface area contributed by atoms with Crippen molar-refractivity contribution in [1.82, 2.24) is 10.6 Å². The van der Waals surface area contributed by atoms with E-state index in [1.807, 2.05) is 12.1 Å². The number of hydrogen-bond acceptors (Lipinski definition) is 9. The average molecular weight is 956 g/mol. The lowest BCUT2D eigenvalue weighted by molar-refractivity contribution is -0.297. The minimum Gasteiger partial charge on any atom is -0.390 e. The molecule has 1 fully saturated rings. The van der Waals surface area contributed by atoms with E-state index in [0.29, 0.717) is 25.7 Å². The monoisotopic (exact) mass is 954 g/mol. The Morgan fingerprint density at radius 2 is 1.25 bits per heavy atom. The van der Waals surface area contributed by atoms with Gasteiger partial charge in [-0.3, -0.25) is 9.59 Å². The van der Waals surface area contributed by atoms with Gasteiger partial charge in [-0.2, -0.15) is 0 Å². The molecule has 8 atom stereocenters. The quantitative estimate of drug-likeness (QED) is 0.0341. The van der Waals surface area contributed by atoms with E-state index in [4.69, 9.17) is 9.47 Å². The molecule has 0 aromatic heterocycles. The van der Waals surface area contributed by atoms with Crippen molar-refractivity contribution in [2.45, 2.75) is 210 Å². The summed E-state index contributed by atoms with van der Waals surface area (Å²) >= 11 is 3.37. The SMILES string of the molecule is CCCCCCCCCCCCCC[C@@H](O)[C@@H](O)[C@H](CO[C@H]1OC(CNC(=O)Cc2ccc(Br)cc2)[C@H](O)[C@H](O)C1O)NC(=O)CCCCCCCCCCc1ccc(F)c(F)c1. The summed E-state index contributed by atoms with van der Waals surface area (Å²) < 4.78 is 39.2. The normalized spacial score (nSPS) is 20.3. The van der Waals surface area contributed by atoms with Gasteiger partial charge in [0.15, 0.2) is 17.9 Å². The van der Waals surface area contributed by atoms with Crippen LogP contribution in [0, 0.1) is 11.6 Å². The lowest BCUT2D eigenvalue weighted by Gasteiger charge is -2.41. The first-order chi connectivity index (χ1) is 30.4. The van der Waals surface area contributed by atoms with Crippen LogP contribution in [0.3, 0.4) is 0 Å². The van der Waals surface area contributed by atoms with Crippen LogP contribution in [0.25, 0.3) is 0 Å². The maximum Gasteiger partial charge on any atom is 0.224 e. The Kier molecular flexibility index (Phi) is 28.0. The Morgan fingerprint density at radius 3 is 1.86 bits per heavy atom. The molecule has 1 heterocycles. The molecule has 1 aliphatic rings. The fourth-order valence-corrected chi connectivity index (χ4v) is 8.26. The van der Waals surface area contributed by atoms with E-state index in [1.54, 1.807) is 18.2 Å². The van der Waals surface area contributed by atoms with Crippen molar-refractivity contribution in [3.8, 4) is 0 Å². The summed E-state index contributed by atoms with van der Waals surface area (Å²) in [4.78, 5) is 25.8. The predicted octanol–water partition coefficient (Wildman–Crippen LogP) is 8.26. The van der Waals surface area contributed by atoms with Crippen molar-refractivity contribution < 1.29 is 53.4 Å². The Balaban J connectivity index is 1.45. The molecule has 0 saturated carbocycles. The van der Waals surface area contributed by atoms with Crippen molar-refractivity contribution in [3.63, 3.8) is 0 Å². The summed E-state index contributed by atoms with van der Waals surface area (Å²) in [5, 5.41) is 60.0. The van der Waals surface area contributed by atoms with Gasteiger partial charge in [0.2, 0.25) is 11.8 Å². The molecule has 0 spiro atoms. The number of ether oxygens (including phenoxy) is 2. The van der Waals surface area contributed by atoms with Gasteiger partial charge in [-0.1, -0.05) is 157 Å². The standard InChI is InChI=1S/C49H77BrF2N2O9/c1-2-3-4-5-6-7-8-9-10-14-17-20-23-41(55)45(58)40(54-43(56)24-21-18-15-12-11-13-16-19-22-35-27-30-38(51)39(52)31-35)34-62-49-48(61)47(60)46(59)42(63-49)33-53-44(57)32-36-25-28-37(50)29-26-36/h25-31,40-42,45-49,55,58-61H,2-24,32-34H2,1H3,(H,53,57)(H,54,56)/t40-,41+,42?,45-,46-,47-,48?,49-/m0/s1. The van der Waals surface area contributed by atoms with Crippen LogP contribution in [0.2, 0.25) is 0 Å². The minimum atomic E-state index is -1.67. The summed E-state index contributed by atoms with van der Waals surface area (Å²) in [6, 6.07) is 10.2. The van der Waals surface area contributed by atoms with Gasteiger partial charge in [0.1, 0.15) is 30.5 Å². The number of nitrogens with one attached hydrogen (secondary N) is 2. The summed E-state index contributed by atoms with van der Waals surface area (Å²) in [5.74, 6) is -2.32. The van der Waals surface area contributed by atoms with E-state index in [-0.39, 0.29) is 37.8 Å². The third kappa shape index (κ3) is 22.5.